The molecular formula is C47H63FN8O5S. The number of anilines is 1. The van der Waals surface area contributed by atoms with Gasteiger partial charge in [0.1, 0.15) is 17.9 Å². The number of hydrogen-bond donors (Lipinski definition) is 0. The summed E-state index contributed by atoms with van der Waals surface area (Å²) in [6.07, 6.45) is 10.9. The minimum absolute atomic E-state index is 0.0175. The second kappa shape index (κ2) is 18.0. The van der Waals surface area contributed by atoms with E-state index in [1.807, 2.05) is 55.7 Å². The Kier molecular flexibility index (Phi) is 12.8. The maximum Gasteiger partial charge on any atom is 0.281 e. The minimum atomic E-state index is -3.51. The number of piperidine rings is 3. The van der Waals surface area contributed by atoms with Crippen LogP contribution in [0.1, 0.15) is 83.0 Å². The number of ether oxygens (including phenoxy) is 1. The summed E-state index contributed by atoms with van der Waals surface area (Å²) < 4.78 is 52.5. The predicted octanol–water partition coefficient (Wildman–Crippen LogP) is 6.69. The van der Waals surface area contributed by atoms with Crippen molar-refractivity contribution in [1.29, 1.82) is 0 Å². The van der Waals surface area contributed by atoms with Gasteiger partial charge in [-0.1, -0.05) is 24.8 Å². The Balaban J connectivity index is 0.846. The average Bonchev–Trinajstić information content (AvgIpc) is 3.72. The van der Waals surface area contributed by atoms with Crippen molar-refractivity contribution in [2.45, 2.75) is 84.7 Å². The van der Waals surface area contributed by atoms with Gasteiger partial charge in [0.25, 0.3) is 16.1 Å². The van der Waals surface area contributed by atoms with Gasteiger partial charge in [-0.25, -0.2) is 14.4 Å². The van der Waals surface area contributed by atoms with Gasteiger partial charge >= 0.3 is 0 Å². The lowest BCUT2D eigenvalue weighted by atomic mass is 9.71. The van der Waals surface area contributed by atoms with Crippen molar-refractivity contribution in [2.24, 2.45) is 16.7 Å². The first-order valence-corrected chi connectivity index (χ1v) is 23.9. The molecule has 0 unspecified atom stereocenters. The molecule has 8 rings (SSSR count). The average molecular weight is 871 g/mol. The smallest absolute Gasteiger partial charge is 0.281 e. The van der Waals surface area contributed by atoms with Gasteiger partial charge in [-0.05, 0) is 125 Å². The molecule has 0 N–H and O–H groups in total. The van der Waals surface area contributed by atoms with Gasteiger partial charge in [0.05, 0.1) is 6.20 Å². The summed E-state index contributed by atoms with van der Waals surface area (Å²) in [6.45, 7) is 19.8. The summed E-state index contributed by atoms with van der Waals surface area (Å²) in [6, 6.07) is 11.6. The summed E-state index contributed by atoms with van der Waals surface area (Å²) in [7, 11) is -3.51. The summed E-state index contributed by atoms with van der Waals surface area (Å²) in [4.78, 5) is 43.4. The standard InChI is InChI=1S/C47H63FN8O5S/c1-6-43(57)52-21-14-46(15-22-52)16-23-54(24-17-46)62(59,60)55-25-18-47(19-26-55)31-51(32-47)29-36-13-20-53(30-36)44-42(28-49-33-50-44)61-41-12-11-37(48)27-40(41)38-9-7-8-10-39(38)45(58)56(34(2)3)35(4)5/h6-12,27-28,33-36H,1,13-26,29-32H2,2-5H3/t36-/m0/s1. The first-order valence-electron chi connectivity index (χ1n) is 22.5. The van der Waals surface area contributed by atoms with Crippen molar-refractivity contribution in [3.8, 4) is 22.6 Å². The Bertz CT molecular complexity index is 2210. The van der Waals surface area contributed by atoms with E-state index in [4.69, 9.17) is 4.74 Å². The number of benzene rings is 2. The van der Waals surface area contributed by atoms with Gasteiger partial charge in [0, 0.05) is 95.2 Å². The monoisotopic (exact) mass is 870 g/mol. The molecule has 5 aliphatic rings. The predicted molar refractivity (Wildman–Crippen MR) is 239 cm³/mol. The van der Waals surface area contributed by atoms with Crippen LogP contribution in [0, 0.1) is 22.6 Å². The van der Waals surface area contributed by atoms with Crippen LogP contribution in [0.4, 0.5) is 10.2 Å². The first kappa shape index (κ1) is 44.2. The Morgan fingerprint density at radius 2 is 1.50 bits per heavy atom. The Morgan fingerprint density at radius 1 is 0.871 bits per heavy atom. The van der Waals surface area contributed by atoms with Gasteiger partial charge in [-0.2, -0.15) is 17.0 Å². The molecule has 5 fully saturated rings. The third kappa shape index (κ3) is 9.00. The molecule has 334 valence electrons. The maximum absolute atomic E-state index is 14.9. The molecule has 62 heavy (non-hydrogen) atoms. The van der Waals surface area contributed by atoms with Crippen LogP contribution in [0.2, 0.25) is 0 Å². The van der Waals surface area contributed by atoms with E-state index in [0.717, 1.165) is 90.8 Å². The quantitative estimate of drug-likeness (QED) is 0.183. The number of halogens is 1. The highest BCUT2D eigenvalue weighted by molar-refractivity contribution is 7.86. The number of rotatable bonds is 12. The number of nitrogens with zero attached hydrogens (tertiary/aromatic N) is 8. The molecule has 0 radical (unpaired) electrons. The van der Waals surface area contributed by atoms with Gasteiger partial charge < -0.3 is 24.3 Å². The van der Waals surface area contributed by atoms with Crippen LogP contribution in [-0.2, 0) is 15.0 Å². The molecule has 5 saturated heterocycles. The molecule has 3 aromatic rings. The molecule has 2 amide bonds. The van der Waals surface area contributed by atoms with Crippen LogP contribution in [0.5, 0.6) is 11.5 Å². The zero-order valence-corrected chi connectivity index (χ0v) is 37.7. The van der Waals surface area contributed by atoms with E-state index in [1.54, 1.807) is 26.9 Å². The second-order valence-corrected chi connectivity index (χ2v) is 20.9. The van der Waals surface area contributed by atoms with E-state index in [0.29, 0.717) is 66.1 Å². The Hall–Kier alpha value is -4.44. The first-order chi connectivity index (χ1) is 29.7. The van der Waals surface area contributed by atoms with Crippen LogP contribution >= 0.6 is 0 Å². The maximum atomic E-state index is 14.9. The number of carbonyl (C=O) groups excluding carboxylic acids is 2. The van der Waals surface area contributed by atoms with Crippen molar-refractivity contribution >= 4 is 27.8 Å². The third-order valence-electron chi connectivity index (χ3n) is 14.4. The number of hydrogen-bond acceptors (Lipinski definition) is 9. The van der Waals surface area contributed by atoms with E-state index in [1.165, 1.54) is 24.5 Å². The summed E-state index contributed by atoms with van der Waals surface area (Å²) in [5.41, 5.74) is 1.83. The van der Waals surface area contributed by atoms with E-state index >= 15 is 0 Å². The fraction of sp³-hybridized carbons (Fsp3) is 0.574. The molecular weight excluding hydrogens is 808 g/mol. The van der Waals surface area contributed by atoms with Crippen LogP contribution < -0.4 is 9.64 Å². The molecule has 2 aromatic carbocycles. The van der Waals surface area contributed by atoms with E-state index < -0.39 is 16.0 Å². The fourth-order valence-corrected chi connectivity index (χ4v) is 12.5. The lowest BCUT2D eigenvalue weighted by Crippen LogP contribution is -2.62. The fourth-order valence-electron chi connectivity index (χ4n) is 10.9. The highest BCUT2D eigenvalue weighted by Crippen LogP contribution is 2.45. The van der Waals surface area contributed by atoms with Crippen molar-refractivity contribution in [2.75, 3.05) is 76.9 Å². The molecule has 13 nitrogen and oxygen atoms in total. The minimum Gasteiger partial charge on any atom is -0.451 e. The van der Waals surface area contributed by atoms with Crippen LogP contribution in [-0.4, -0.2) is 138 Å². The second-order valence-electron chi connectivity index (χ2n) is 19.0. The van der Waals surface area contributed by atoms with Gasteiger partial charge in [0.2, 0.25) is 5.91 Å². The molecule has 1 aromatic heterocycles. The van der Waals surface area contributed by atoms with Crippen molar-refractivity contribution < 1.29 is 27.1 Å². The van der Waals surface area contributed by atoms with E-state index in [-0.39, 0.29) is 34.7 Å². The van der Waals surface area contributed by atoms with Gasteiger partial charge in [-0.3, -0.25) is 9.59 Å². The van der Waals surface area contributed by atoms with E-state index in [2.05, 4.69) is 26.3 Å². The van der Waals surface area contributed by atoms with Gasteiger partial charge in [0.15, 0.2) is 11.6 Å². The molecule has 2 spiro atoms. The van der Waals surface area contributed by atoms with Crippen LogP contribution in [0.15, 0.2) is 67.6 Å². The molecule has 0 aliphatic carbocycles. The number of carbonyl (C=O) groups is 2. The topological polar surface area (TPSA) is 123 Å². The van der Waals surface area contributed by atoms with Crippen molar-refractivity contribution in [3.05, 3.63) is 79.0 Å². The Morgan fingerprint density at radius 3 is 2.15 bits per heavy atom. The number of likely N-dealkylation sites (tertiary alicyclic amines) is 2. The third-order valence-corrected chi connectivity index (χ3v) is 16.4. The molecule has 0 bridgehead atoms. The SMILES string of the molecule is C=CC(=O)N1CCC2(CC1)CCN(S(=O)(=O)N1CCC3(CC1)CN(C[C@@H]1CCN(c4ncncc4Oc4ccc(F)cc4-c4ccccc4C(=O)N(C(C)C)C(C)C)C1)C3)CC2. The summed E-state index contributed by atoms with van der Waals surface area (Å²) in [5.74, 6) is 1.40. The van der Waals surface area contributed by atoms with E-state index in [9.17, 15) is 22.4 Å². The Labute approximate surface area is 367 Å². The zero-order valence-electron chi connectivity index (χ0n) is 36.8. The van der Waals surface area contributed by atoms with Crippen LogP contribution in [0.3, 0.4) is 0 Å². The lowest BCUT2D eigenvalue weighted by molar-refractivity contribution is -0.128. The zero-order chi connectivity index (χ0) is 43.8. The highest BCUT2D eigenvalue weighted by atomic mass is 32.2. The largest absolute Gasteiger partial charge is 0.451 e. The lowest BCUT2D eigenvalue weighted by Gasteiger charge is -2.55. The van der Waals surface area contributed by atoms with Crippen molar-refractivity contribution in [3.63, 3.8) is 0 Å². The molecule has 0 saturated carbocycles. The molecule has 15 heteroatoms. The molecule has 5 aliphatic heterocycles. The number of amides is 2. The highest BCUT2D eigenvalue weighted by Gasteiger charge is 2.49. The molecule has 1 atom stereocenters. The summed E-state index contributed by atoms with van der Waals surface area (Å²) >= 11 is 0. The normalized spacial score (nSPS) is 22.0. The summed E-state index contributed by atoms with van der Waals surface area (Å²) in [5, 5.41) is 0. The molecule has 6 heterocycles. The number of aromatic nitrogens is 2. The van der Waals surface area contributed by atoms with Gasteiger partial charge in [-0.15, -0.1) is 0 Å². The van der Waals surface area contributed by atoms with Crippen LogP contribution in [0.25, 0.3) is 11.1 Å². The van der Waals surface area contributed by atoms with Crippen molar-refractivity contribution in [1.82, 2.24) is 33.3 Å².